The minimum atomic E-state index is -0.168. The van der Waals surface area contributed by atoms with E-state index < -0.39 is 0 Å². The molecular weight excluding hydrogens is 316 g/mol. The SMILES string of the molecule is C[C@@H](NC(=O)N1CC[C@H](Oc2cccnc2)C1)c1cccc(C#N)c1. The zero-order chi connectivity index (χ0) is 17.6. The quantitative estimate of drug-likeness (QED) is 0.931. The minimum Gasteiger partial charge on any atom is -0.487 e. The molecule has 0 saturated carbocycles. The van der Waals surface area contributed by atoms with E-state index in [9.17, 15) is 4.79 Å². The maximum atomic E-state index is 12.5. The molecule has 1 fully saturated rings. The third-order valence-corrected chi connectivity index (χ3v) is 4.23. The molecule has 1 aromatic heterocycles. The number of likely N-dealkylation sites (tertiary alicyclic amines) is 1. The molecule has 2 atom stereocenters. The molecule has 2 aromatic rings. The van der Waals surface area contributed by atoms with E-state index in [0.29, 0.717) is 18.7 Å². The normalized spacial score (nSPS) is 17.6. The van der Waals surface area contributed by atoms with Gasteiger partial charge in [-0.05, 0) is 36.8 Å². The van der Waals surface area contributed by atoms with Crippen molar-refractivity contribution in [1.29, 1.82) is 5.26 Å². The standard InChI is InChI=1S/C19H20N4O2/c1-14(16-5-2-4-15(10-16)11-20)22-19(24)23-9-7-18(13-23)25-17-6-3-8-21-12-17/h2-6,8,10,12,14,18H,7,9,13H2,1H3,(H,22,24)/t14-,18+/m1/s1. The van der Waals surface area contributed by atoms with Crippen LogP contribution in [0.15, 0.2) is 48.8 Å². The average molecular weight is 336 g/mol. The van der Waals surface area contributed by atoms with Crippen LogP contribution in [0.1, 0.15) is 30.5 Å². The molecule has 25 heavy (non-hydrogen) atoms. The third kappa shape index (κ3) is 4.27. The Kier molecular flexibility index (Phi) is 5.14. The van der Waals surface area contributed by atoms with Crippen LogP contribution >= 0.6 is 0 Å². The van der Waals surface area contributed by atoms with Gasteiger partial charge in [0.15, 0.2) is 0 Å². The second-order valence-corrected chi connectivity index (χ2v) is 6.07. The number of amides is 2. The number of nitrogens with one attached hydrogen (secondary N) is 1. The molecule has 0 bridgehead atoms. The maximum Gasteiger partial charge on any atom is 0.318 e. The zero-order valence-corrected chi connectivity index (χ0v) is 14.1. The van der Waals surface area contributed by atoms with Gasteiger partial charge >= 0.3 is 6.03 Å². The first-order valence-electron chi connectivity index (χ1n) is 8.28. The Morgan fingerprint density at radius 3 is 3.08 bits per heavy atom. The second-order valence-electron chi connectivity index (χ2n) is 6.07. The Balaban J connectivity index is 1.54. The van der Waals surface area contributed by atoms with E-state index in [1.54, 1.807) is 29.4 Å². The first-order chi connectivity index (χ1) is 12.2. The molecule has 0 radical (unpaired) electrons. The second kappa shape index (κ2) is 7.67. The molecule has 6 heteroatoms. The van der Waals surface area contributed by atoms with Crippen molar-refractivity contribution in [3.63, 3.8) is 0 Å². The fraction of sp³-hybridized carbons (Fsp3) is 0.316. The lowest BCUT2D eigenvalue weighted by Crippen LogP contribution is -2.40. The highest BCUT2D eigenvalue weighted by atomic mass is 16.5. The number of hydrogen-bond donors (Lipinski definition) is 1. The number of benzene rings is 1. The summed E-state index contributed by atoms with van der Waals surface area (Å²) in [5.74, 6) is 0.719. The van der Waals surface area contributed by atoms with Crippen molar-refractivity contribution in [1.82, 2.24) is 15.2 Å². The van der Waals surface area contributed by atoms with Crippen molar-refractivity contribution in [3.05, 3.63) is 59.9 Å². The molecule has 3 rings (SSSR count). The van der Waals surface area contributed by atoms with Crippen molar-refractivity contribution in [2.45, 2.75) is 25.5 Å². The molecule has 1 N–H and O–H groups in total. The number of rotatable bonds is 4. The Bertz CT molecular complexity index is 772. The molecule has 1 aromatic carbocycles. The molecule has 2 heterocycles. The van der Waals surface area contributed by atoms with Crippen molar-refractivity contribution in [3.8, 4) is 11.8 Å². The van der Waals surface area contributed by atoms with Gasteiger partial charge in [-0.25, -0.2) is 4.79 Å². The van der Waals surface area contributed by atoms with Gasteiger partial charge in [0.05, 0.1) is 30.4 Å². The predicted molar refractivity (Wildman–Crippen MR) is 92.9 cm³/mol. The van der Waals surface area contributed by atoms with Gasteiger partial charge in [-0.15, -0.1) is 0 Å². The molecule has 0 spiro atoms. The van der Waals surface area contributed by atoms with E-state index in [2.05, 4.69) is 16.4 Å². The van der Waals surface area contributed by atoms with E-state index >= 15 is 0 Å². The Hall–Kier alpha value is -3.07. The van der Waals surface area contributed by atoms with E-state index in [1.165, 1.54) is 0 Å². The lowest BCUT2D eigenvalue weighted by Gasteiger charge is -2.21. The summed E-state index contributed by atoms with van der Waals surface area (Å²) in [5.41, 5.74) is 1.50. The number of nitriles is 1. The van der Waals surface area contributed by atoms with Crippen LogP contribution in [0.25, 0.3) is 0 Å². The van der Waals surface area contributed by atoms with Gasteiger partial charge in [0.25, 0.3) is 0 Å². The monoisotopic (exact) mass is 336 g/mol. The number of ether oxygens (including phenoxy) is 1. The van der Waals surface area contributed by atoms with Crippen molar-refractivity contribution in [2.24, 2.45) is 0 Å². The topological polar surface area (TPSA) is 78.2 Å². The number of carbonyl (C=O) groups excluding carboxylic acids is 1. The number of nitrogens with zero attached hydrogens (tertiary/aromatic N) is 3. The summed E-state index contributed by atoms with van der Waals surface area (Å²) in [6, 6.07) is 12.8. The third-order valence-electron chi connectivity index (χ3n) is 4.23. The van der Waals surface area contributed by atoms with Crippen LogP contribution in [0, 0.1) is 11.3 Å². The fourth-order valence-corrected chi connectivity index (χ4v) is 2.86. The van der Waals surface area contributed by atoms with Gasteiger partial charge in [-0.1, -0.05) is 12.1 Å². The summed E-state index contributed by atoms with van der Waals surface area (Å²) in [6.45, 7) is 3.11. The summed E-state index contributed by atoms with van der Waals surface area (Å²) < 4.78 is 5.86. The summed E-state index contributed by atoms with van der Waals surface area (Å²) in [5, 5.41) is 12.0. The van der Waals surface area contributed by atoms with Gasteiger partial charge in [0.2, 0.25) is 0 Å². The fourth-order valence-electron chi connectivity index (χ4n) is 2.86. The van der Waals surface area contributed by atoms with Gasteiger partial charge in [-0.3, -0.25) is 4.98 Å². The average Bonchev–Trinajstić information content (AvgIpc) is 3.11. The van der Waals surface area contributed by atoms with Crippen molar-refractivity contribution in [2.75, 3.05) is 13.1 Å². The van der Waals surface area contributed by atoms with Gasteiger partial charge in [0, 0.05) is 19.2 Å². The highest BCUT2D eigenvalue weighted by Crippen LogP contribution is 2.19. The van der Waals surface area contributed by atoms with Crippen LogP contribution in [0.3, 0.4) is 0 Å². The van der Waals surface area contributed by atoms with Crippen molar-refractivity contribution < 1.29 is 9.53 Å². The Morgan fingerprint density at radius 1 is 1.44 bits per heavy atom. The van der Waals surface area contributed by atoms with E-state index in [1.807, 2.05) is 31.2 Å². The van der Waals surface area contributed by atoms with Gasteiger partial charge < -0.3 is 15.0 Å². The lowest BCUT2D eigenvalue weighted by atomic mass is 10.1. The molecule has 128 valence electrons. The predicted octanol–water partition coefficient (Wildman–Crippen LogP) is 2.88. The number of urea groups is 1. The molecule has 1 saturated heterocycles. The van der Waals surface area contributed by atoms with Crippen LogP contribution in [0.5, 0.6) is 5.75 Å². The minimum absolute atomic E-state index is 0.0211. The molecule has 1 aliphatic rings. The van der Waals surface area contributed by atoms with Gasteiger partial charge in [-0.2, -0.15) is 5.26 Å². The smallest absolute Gasteiger partial charge is 0.318 e. The first kappa shape index (κ1) is 16.8. The Labute approximate surface area is 147 Å². The van der Waals surface area contributed by atoms with Crippen LogP contribution in [-0.4, -0.2) is 35.1 Å². The molecule has 2 amide bonds. The number of carbonyl (C=O) groups is 1. The zero-order valence-electron chi connectivity index (χ0n) is 14.1. The van der Waals surface area contributed by atoms with E-state index in [0.717, 1.165) is 17.7 Å². The van der Waals surface area contributed by atoms with Crippen molar-refractivity contribution >= 4 is 6.03 Å². The first-order valence-corrected chi connectivity index (χ1v) is 8.28. The number of aromatic nitrogens is 1. The van der Waals surface area contributed by atoms with Crippen LogP contribution < -0.4 is 10.1 Å². The van der Waals surface area contributed by atoms with Crippen LogP contribution in [0.4, 0.5) is 4.79 Å². The van der Waals surface area contributed by atoms with E-state index in [-0.39, 0.29) is 18.2 Å². The largest absolute Gasteiger partial charge is 0.487 e. The number of pyridine rings is 1. The molecular formula is C19H20N4O2. The highest BCUT2D eigenvalue weighted by molar-refractivity contribution is 5.75. The summed E-state index contributed by atoms with van der Waals surface area (Å²) in [6.07, 6.45) is 4.14. The summed E-state index contributed by atoms with van der Waals surface area (Å²) in [4.78, 5) is 18.2. The van der Waals surface area contributed by atoms with Crippen LogP contribution in [-0.2, 0) is 0 Å². The summed E-state index contributed by atoms with van der Waals surface area (Å²) >= 11 is 0. The molecule has 0 unspecified atom stereocenters. The lowest BCUT2D eigenvalue weighted by molar-refractivity contribution is 0.184. The summed E-state index contributed by atoms with van der Waals surface area (Å²) in [7, 11) is 0. The Morgan fingerprint density at radius 2 is 2.32 bits per heavy atom. The highest BCUT2D eigenvalue weighted by Gasteiger charge is 2.28. The number of hydrogen-bond acceptors (Lipinski definition) is 4. The van der Waals surface area contributed by atoms with E-state index in [4.69, 9.17) is 10.00 Å². The maximum absolute atomic E-state index is 12.5. The molecule has 6 nitrogen and oxygen atoms in total. The molecule has 0 aliphatic carbocycles. The van der Waals surface area contributed by atoms with Gasteiger partial charge in [0.1, 0.15) is 11.9 Å². The molecule has 1 aliphatic heterocycles. The van der Waals surface area contributed by atoms with Crippen LogP contribution in [0.2, 0.25) is 0 Å².